The van der Waals surface area contributed by atoms with Gasteiger partial charge in [0, 0.05) is 30.2 Å². The average molecular weight is 409 g/mol. The molecule has 28 heavy (non-hydrogen) atoms. The fourth-order valence-electron chi connectivity index (χ4n) is 3.73. The van der Waals surface area contributed by atoms with E-state index in [2.05, 4.69) is 4.98 Å². The van der Waals surface area contributed by atoms with Gasteiger partial charge in [0.1, 0.15) is 6.17 Å². The highest BCUT2D eigenvalue weighted by molar-refractivity contribution is 6.30. The number of imidazole rings is 1. The zero-order chi connectivity index (χ0) is 20.0. The van der Waals surface area contributed by atoms with Crippen LogP contribution in [0, 0.1) is 11.6 Å². The zero-order valence-electron chi connectivity index (χ0n) is 15.2. The van der Waals surface area contributed by atoms with E-state index in [0.717, 1.165) is 17.7 Å². The minimum Gasteiger partial charge on any atom is -0.340 e. The molecule has 0 radical (unpaired) electrons. The SMILES string of the molecule is C[C@@H](c1cccc(Cl)c1)n1c(N2CCC(F)C(N)C2)nc2cc(F)c(F)cc21. The molecule has 2 aromatic carbocycles. The number of alkyl halides is 1. The molecule has 3 aromatic rings. The molecule has 2 unspecified atom stereocenters. The number of halogens is 4. The highest BCUT2D eigenvalue weighted by Crippen LogP contribution is 2.33. The van der Waals surface area contributed by atoms with Crippen molar-refractivity contribution >= 4 is 28.6 Å². The van der Waals surface area contributed by atoms with Gasteiger partial charge in [-0.3, -0.25) is 0 Å². The van der Waals surface area contributed by atoms with Crippen LogP contribution in [-0.2, 0) is 0 Å². The van der Waals surface area contributed by atoms with Crippen LogP contribution in [0.4, 0.5) is 19.1 Å². The molecule has 1 aliphatic heterocycles. The quantitative estimate of drug-likeness (QED) is 0.696. The molecule has 1 aliphatic rings. The second-order valence-corrected chi connectivity index (χ2v) is 7.62. The van der Waals surface area contributed by atoms with Crippen LogP contribution in [0.5, 0.6) is 0 Å². The third-order valence-corrected chi connectivity index (χ3v) is 5.52. The third kappa shape index (κ3) is 3.33. The van der Waals surface area contributed by atoms with Gasteiger partial charge in [0.05, 0.1) is 23.1 Å². The second-order valence-electron chi connectivity index (χ2n) is 7.18. The molecule has 4 rings (SSSR count). The van der Waals surface area contributed by atoms with Crippen LogP contribution in [0.15, 0.2) is 36.4 Å². The third-order valence-electron chi connectivity index (χ3n) is 5.28. The lowest BCUT2D eigenvalue weighted by Gasteiger charge is -2.35. The molecule has 1 aromatic heterocycles. The van der Waals surface area contributed by atoms with E-state index >= 15 is 0 Å². The minimum atomic E-state index is -1.07. The molecule has 2 heterocycles. The molecule has 0 spiro atoms. The molecule has 2 N–H and O–H groups in total. The van der Waals surface area contributed by atoms with Gasteiger partial charge in [0.15, 0.2) is 11.6 Å². The summed E-state index contributed by atoms with van der Waals surface area (Å²) < 4.78 is 43.5. The van der Waals surface area contributed by atoms with Gasteiger partial charge in [-0.05, 0) is 31.0 Å². The van der Waals surface area contributed by atoms with Crippen LogP contribution >= 0.6 is 11.6 Å². The van der Waals surface area contributed by atoms with Gasteiger partial charge in [-0.1, -0.05) is 23.7 Å². The molecule has 3 atom stereocenters. The number of nitrogens with two attached hydrogens (primary N) is 1. The summed E-state index contributed by atoms with van der Waals surface area (Å²) in [6.07, 6.45) is -0.798. The molecular weight excluding hydrogens is 389 g/mol. The van der Waals surface area contributed by atoms with E-state index < -0.39 is 23.8 Å². The average Bonchev–Trinajstić information content (AvgIpc) is 3.02. The smallest absolute Gasteiger partial charge is 0.207 e. The standard InChI is InChI=1S/C20H20ClF3N4/c1-11(12-3-2-4-13(21)7-12)28-19-9-16(24)15(23)8-18(19)26-20(28)27-6-5-14(22)17(25)10-27/h2-4,7-9,11,14,17H,5-6,10,25H2,1H3/t11-,14?,17?/m0/s1. The Balaban J connectivity index is 1.87. The van der Waals surface area contributed by atoms with Crippen molar-refractivity contribution in [1.82, 2.24) is 9.55 Å². The fourth-order valence-corrected chi connectivity index (χ4v) is 3.93. The van der Waals surface area contributed by atoms with Gasteiger partial charge < -0.3 is 15.2 Å². The molecule has 8 heteroatoms. The number of hydrogen-bond acceptors (Lipinski definition) is 3. The summed E-state index contributed by atoms with van der Waals surface area (Å²) in [4.78, 5) is 6.41. The predicted molar refractivity (Wildman–Crippen MR) is 105 cm³/mol. The fraction of sp³-hybridized carbons (Fsp3) is 0.350. The van der Waals surface area contributed by atoms with Crippen LogP contribution in [0.1, 0.15) is 24.9 Å². The summed E-state index contributed by atoms with van der Waals surface area (Å²) in [6, 6.07) is 8.65. The Morgan fingerprint density at radius 1 is 1.21 bits per heavy atom. The Morgan fingerprint density at radius 2 is 1.96 bits per heavy atom. The maximum atomic E-state index is 14.0. The lowest BCUT2D eigenvalue weighted by Crippen LogP contribution is -2.50. The van der Waals surface area contributed by atoms with Gasteiger partial charge in [0.25, 0.3) is 0 Å². The molecule has 0 saturated carbocycles. The number of rotatable bonds is 3. The first-order valence-electron chi connectivity index (χ1n) is 9.12. The summed E-state index contributed by atoms with van der Waals surface area (Å²) in [6.45, 7) is 2.63. The summed E-state index contributed by atoms with van der Waals surface area (Å²) in [7, 11) is 0. The summed E-state index contributed by atoms with van der Waals surface area (Å²) in [5.74, 6) is -1.40. The van der Waals surface area contributed by atoms with Crippen molar-refractivity contribution in [3.8, 4) is 0 Å². The molecule has 0 amide bonds. The van der Waals surface area contributed by atoms with Crippen LogP contribution < -0.4 is 10.6 Å². The van der Waals surface area contributed by atoms with Crippen LogP contribution in [0.2, 0.25) is 5.02 Å². The second kappa shape index (κ2) is 7.29. The highest BCUT2D eigenvalue weighted by Gasteiger charge is 2.30. The van der Waals surface area contributed by atoms with E-state index in [1.54, 1.807) is 6.07 Å². The molecule has 148 valence electrons. The predicted octanol–water partition coefficient (Wildman–Crippen LogP) is 4.45. The number of piperidine rings is 1. The molecule has 1 fully saturated rings. The van der Waals surface area contributed by atoms with Crippen LogP contribution in [-0.4, -0.2) is 34.9 Å². The Bertz CT molecular complexity index is 1020. The maximum Gasteiger partial charge on any atom is 0.207 e. The molecule has 0 aliphatic carbocycles. The lowest BCUT2D eigenvalue weighted by molar-refractivity contribution is 0.243. The monoisotopic (exact) mass is 408 g/mol. The first kappa shape index (κ1) is 19.1. The van der Waals surface area contributed by atoms with Gasteiger partial charge in [-0.2, -0.15) is 0 Å². The topological polar surface area (TPSA) is 47.1 Å². The first-order chi connectivity index (χ1) is 13.3. The van der Waals surface area contributed by atoms with Crippen molar-refractivity contribution < 1.29 is 13.2 Å². The van der Waals surface area contributed by atoms with E-state index in [1.165, 1.54) is 0 Å². The first-order valence-corrected chi connectivity index (χ1v) is 9.50. The van der Waals surface area contributed by atoms with Gasteiger partial charge >= 0.3 is 0 Å². The van der Waals surface area contributed by atoms with Crippen LogP contribution in [0.25, 0.3) is 11.0 Å². The Hall–Kier alpha value is -2.25. The van der Waals surface area contributed by atoms with Crippen LogP contribution in [0.3, 0.4) is 0 Å². The number of benzene rings is 2. The van der Waals surface area contributed by atoms with Crippen molar-refractivity contribution in [2.45, 2.75) is 31.6 Å². The molecule has 0 bridgehead atoms. The van der Waals surface area contributed by atoms with Crippen molar-refractivity contribution in [3.05, 3.63) is 58.6 Å². The Labute approximate surface area is 165 Å². The van der Waals surface area contributed by atoms with Crippen molar-refractivity contribution in [2.24, 2.45) is 5.73 Å². The maximum absolute atomic E-state index is 14.0. The molecule has 1 saturated heterocycles. The molecule has 4 nitrogen and oxygen atoms in total. The minimum absolute atomic E-state index is 0.261. The van der Waals surface area contributed by atoms with E-state index in [4.69, 9.17) is 17.3 Å². The highest BCUT2D eigenvalue weighted by atomic mass is 35.5. The van der Waals surface area contributed by atoms with Crippen molar-refractivity contribution in [3.63, 3.8) is 0 Å². The number of aromatic nitrogens is 2. The van der Waals surface area contributed by atoms with Gasteiger partial charge in [0.2, 0.25) is 5.95 Å². The zero-order valence-corrected chi connectivity index (χ0v) is 16.0. The van der Waals surface area contributed by atoms with Crippen molar-refractivity contribution in [2.75, 3.05) is 18.0 Å². The lowest BCUT2D eigenvalue weighted by atomic mass is 10.0. The Kier molecular flexibility index (Phi) is 4.97. The number of hydrogen-bond donors (Lipinski definition) is 1. The van der Waals surface area contributed by atoms with Gasteiger partial charge in [-0.25, -0.2) is 18.2 Å². The Morgan fingerprint density at radius 3 is 2.68 bits per heavy atom. The summed E-state index contributed by atoms with van der Waals surface area (Å²) >= 11 is 6.14. The number of fused-ring (bicyclic) bond motifs is 1. The van der Waals surface area contributed by atoms with E-state index in [0.29, 0.717) is 28.5 Å². The number of nitrogens with zero attached hydrogens (tertiary/aromatic N) is 3. The van der Waals surface area contributed by atoms with E-state index in [1.807, 2.05) is 34.6 Å². The van der Waals surface area contributed by atoms with Gasteiger partial charge in [-0.15, -0.1) is 0 Å². The summed E-state index contributed by atoms with van der Waals surface area (Å²) in [5, 5.41) is 0.577. The normalized spacial score (nSPS) is 21.3. The van der Waals surface area contributed by atoms with E-state index in [9.17, 15) is 13.2 Å². The largest absolute Gasteiger partial charge is 0.340 e. The number of anilines is 1. The van der Waals surface area contributed by atoms with E-state index in [-0.39, 0.29) is 19.0 Å². The molecular formula is C20H20ClF3N4. The summed E-state index contributed by atoms with van der Waals surface area (Å²) in [5.41, 5.74) is 7.59. The van der Waals surface area contributed by atoms with Crippen molar-refractivity contribution in [1.29, 1.82) is 0 Å².